The number of hydrogen-bond acceptors (Lipinski definition) is 4. The van der Waals surface area contributed by atoms with Gasteiger partial charge >= 0.3 is 11.1 Å². The first kappa shape index (κ1) is 14.0. The first-order valence-corrected chi connectivity index (χ1v) is 6.70. The van der Waals surface area contributed by atoms with Crippen LogP contribution in [0.4, 0.5) is 0 Å². The van der Waals surface area contributed by atoms with Crippen LogP contribution in [-0.4, -0.2) is 34.4 Å². The summed E-state index contributed by atoms with van der Waals surface area (Å²) in [7, 11) is 1.58. The molecule has 106 valence electrons. The quantitative estimate of drug-likeness (QED) is 0.744. The molecule has 0 bridgehead atoms. The van der Waals surface area contributed by atoms with Gasteiger partial charge in [0.2, 0.25) is 0 Å². The first-order chi connectivity index (χ1) is 9.09. The molecule has 19 heavy (non-hydrogen) atoms. The Balaban J connectivity index is 1.87. The van der Waals surface area contributed by atoms with Crippen molar-refractivity contribution < 1.29 is 4.74 Å². The fourth-order valence-corrected chi connectivity index (χ4v) is 2.31. The molecule has 0 aliphatic carbocycles. The minimum Gasteiger partial charge on any atom is -0.377 e. The SMILES string of the molecule is CC(NCCn1ccn(C)c(=O)c1=O)C1CCCO1. The molecule has 6 nitrogen and oxygen atoms in total. The molecule has 1 fully saturated rings. The van der Waals surface area contributed by atoms with Gasteiger partial charge in [0.05, 0.1) is 6.10 Å². The Labute approximate surface area is 112 Å². The number of aryl methyl sites for hydroxylation is 1. The van der Waals surface area contributed by atoms with E-state index in [1.54, 1.807) is 19.4 Å². The van der Waals surface area contributed by atoms with Crippen LogP contribution in [0.25, 0.3) is 0 Å². The number of nitrogens with zero attached hydrogens (tertiary/aromatic N) is 2. The Morgan fingerprint density at radius 1 is 1.42 bits per heavy atom. The summed E-state index contributed by atoms with van der Waals surface area (Å²) >= 11 is 0. The second kappa shape index (κ2) is 6.16. The third kappa shape index (κ3) is 3.33. The molecule has 2 unspecified atom stereocenters. The van der Waals surface area contributed by atoms with Crippen LogP contribution in [-0.2, 0) is 18.3 Å². The predicted octanol–water partition coefficient (Wildman–Crippen LogP) is -0.296. The molecule has 6 heteroatoms. The minimum atomic E-state index is -0.491. The molecular weight excluding hydrogens is 246 g/mol. The smallest absolute Gasteiger partial charge is 0.316 e. The standard InChI is InChI=1S/C13H21N3O3/c1-10(11-4-3-9-19-11)14-5-6-16-8-7-15(2)12(17)13(16)18/h7-8,10-11,14H,3-6,9H2,1-2H3. The van der Waals surface area contributed by atoms with Crippen molar-refractivity contribution in [1.29, 1.82) is 0 Å². The monoisotopic (exact) mass is 267 g/mol. The number of hydrogen-bond donors (Lipinski definition) is 1. The van der Waals surface area contributed by atoms with Crippen molar-refractivity contribution in [2.24, 2.45) is 7.05 Å². The summed E-state index contributed by atoms with van der Waals surface area (Å²) in [6.45, 7) is 4.06. The molecule has 1 aliphatic rings. The second-order valence-electron chi connectivity index (χ2n) is 5.01. The molecule has 2 heterocycles. The zero-order valence-electron chi connectivity index (χ0n) is 11.5. The van der Waals surface area contributed by atoms with Gasteiger partial charge in [0, 0.05) is 45.2 Å². The molecule has 0 aromatic carbocycles. The van der Waals surface area contributed by atoms with Crippen molar-refractivity contribution >= 4 is 0 Å². The van der Waals surface area contributed by atoms with Crippen molar-refractivity contribution in [1.82, 2.24) is 14.5 Å². The molecule has 0 radical (unpaired) electrons. The van der Waals surface area contributed by atoms with E-state index < -0.39 is 11.1 Å². The molecule has 2 rings (SSSR count). The summed E-state index contributed by atoms with van der Waals surface area (Å²) in [4.78, 5) is 23.2. The van der Waals surface area contributed by atoms with E-state index in [9.17, 15) is 9.59 Å². The lowest BCUT2D eigenvalue weighted by molar-refractivity contribution is 0.0835. The number of ether oxygens (including phenoxy) is 1. The van der Waals surface area contributed by atoms with Gasteiger partial charge in [-0.1, -0.05) is 0 Å². The molecule has 1 aromatic rings. The lowest BCUT2D eigenvalue weighted by atomic mass is 10.1. The van der Waals surface area contributed by atoms with E-state index in [0.717, 1.165) is 19.4 Å². The summed E-state index contributed by atoms with van der Waals surface area (Å²) in [6, 6.07) is 0.268. The third-order valence-corrected chi connectivity index (χ3v) is 3.58. The minimum absolute atomic E-state index is 0.264. The highest BCUT2D eigenvalue weighted by molar-refractivity contribution is 4.85. The predicted molar refractivity (Wildman–Crippen MR) is 72.4 cm³/mol. The summed E-state index contributed by atoms with van der Waals surface area (Å²) < 4.78 is 8.33. The average Bonchev–Trinajstić information content (AvgIpc) is 2.92. The number of nitrogens with one attached hydrogen (secondary N) is 1. The first-order valence-electron chi connectivity index (χ1n) is 6.70. The molecular formula is C13H21N3O3. The van der Waals surface area contributed by atoms with Gasteiger partial charge in [-0.15, -0.1) is 0 Å². The van der Waals surface area contributed by atoms with E-state index in [4.69, 9.17) is 4.74 Å². The van der Waals surface area contributed by atoms with Gasteiger partial charge in [-0.25, -0.2) is 0 Å². The fraction of sp³-hybridized carbons (Fsp3) is 0.692. The molecule has 1 saturated heterocycles. The van der Waals surface area contributed by atoms with E-state index in [2.05, 4.69) is 12.2 Å². The van der Waals surface area contributed by atoms with E-state index in [0.29, 0.717) is 13.1 Å². The van der Waals surface area contributed by atoms with Crippen molar-refractivity contribution in [2.45, 2.75) is 38.5 Å². The summed E-state index contributed by atoms with van der Waals surface area (Å²) in [5.74, 6) is 0. The van der Waals surface area contributed by atoms with Crippen LogP contribution >= 0.6 is 0 Å². The van der Waals surface area contributed by atoms with Crippen LogP contribution in [0.1, 0.15) is 19.8 Å². The molecule has 2 atom stereocenters. The maximum atomic E-state index is 11.7. The number of rotatable bonds is 5. The van der Waals surface area contributed by atoms with E-state index >= 15 is 0 Å². The number of aromatic nitrogens is 2. The van der Waals surface area contributed by atoms with Crippen LogP contribution in [0.2, 0.25) is 0 Å². The van der Waals surface area contributed by atoms with E-state index in [1.807, 2.05) is 0 Å². The Bertz CT molecular complexity index is 529. The van der Waals surface area contributed by atoms with Crippen molar-refractivity contribution in [3.63, 3.8) is 0 Å². The van der Waals surface area contributed by atoms with Crippen molar-refractivity contribution in [2.75, 3.05) is 13.2 Å². The van der Waals surface area contributed by atoms with Crippen molar-refractivity contribution in [3.05, 3.63) is 33.1 Å². The summed E-state index contributed by atoms with van der Waals surface area (Å²) in [5.41, 5.74) is -0.966. The van der Waals surface area contributed by atoms with Crippen LogP contribution in [0.3, 0.4) is 0 Å². The van der Waals surface area contributed by atoms with Crippen LogP contribution in [0.15, 0.2) is 22.0 Å². The van der Waals surface area contributed by atoms with Gasteiger partial charge < -0.3 is 19.2 Å². The molecule has 0 saturated carbocycles. The van der Waals surface area contributed by atoms with Gasteiger partial charge in [-0.2, -0.15) is 0 Å². The van der Waals surface area contributed by atoms with Crippen LogP contribution < -0.4 is 16.4 Å². The van der Waals surface area contributed by atoms with Gasteiger partial charge in [0.15, 0.2) is 0 Å². The van der Waals surface area contributed by atoms with Crippen LogP contribution in [0, 0.1) is 0 Å². The largest absolute Gasteiger partial charge is 0.377 e. The zero-order chi connectivity index (χ0) is 13.8. The normalized spacial score (nSPS) is 20.6. The Hall–Kier alpha value is -1.40. The van der Waals surface area contributed by atoms with Gasteiger partial charge in [0.25, 0.3) is 0 Å². The van der Waals surface area contributed by atoms with Gasteiger partial charge in [0.1, 0.15) is 0 Å². The van der Waals surface area contributed by atoms with E-state index in [1.165, 1.54) is 9.13 Å². The Morgan fingerprint density at radius 2 is 2.21 bits per heavy atom. The van der Waals surface area contributed by atoms with Gasteiger partial charge in [-0.3, -0.25) is 9.59 Å². The highest BCUT2D eigenvalue weighted by Gasteiger charge is 2.21. The molecule has 1 N–H and O–H groups in total. The van der Waals surface area contributed by atoms with E-state index in [-0.39, 0.29) is 12.1 Å². The molecule has 1 aliphatic heterocycles. The molecule has 0 amide bonds. The molecule has 1 aromatic heterocycles. The second-order valence-corrected chi connectivity index (χ2v) is 5.01. The summed E-state index contributed by atoms with van der Waals surface area (Å²) in [6.07, 6.45) is 5.71. The molecule has 0 spiro atoms. The maximum absolute atomic E-state index is 11.7. The topological polar surface area (TPSA) is 65.3 Å². The fourth-order valence-electron chi connectivity index (χ4n) is 2.31. The van der Waals surface area contributed by atoms with Gasteiger partial charge in [-0.05, 0) is 19.8 Å². The highest BCUT2D eigenvalue weighted by Crippen LogP contribution is 2.14. The lowest BCUT2D eigenvalue weighted by Crippen LogP contribution is -2.43. The van der Waals surface area contributed by atoms with Crippen molar-refractivity contribution in [3.8, 4) is 0 Å². The lowest BCUT2D eigenvalue weighted by Gasteiger charge is -2.20. The summed E-state index contributed by atoms with van der Waals surface area (Å²) in [5, 5.41) is 3.34. The Kier molecular flexibility index (Phi) is 4.55. The average molecular weight is 267 g/mol. The maximum Gasteiger partial charge on any atom is 0.316 e. The Morgan fingerprint density at radius 3 is 2.89 bits per heavy atom. The highest BCUT2D eigenvalue weighted by atomic mass is 16.5. The van der Waals surface area contributed by atoms with Crippen LogP contribution in [0.5, 0.6) is 0 Å². The third-order valence-electron chi connectivity index (χ3n) is 3.58. The zero-order valence-corrected chi connectivity index (χ0v) is 11.5.